The molecule has 0 N–H and O–H groups in total. The van der Waals surface area contributed by atoms with Gasteiger partial charge in [0, 0.05) is 82.2 Å². The number of carbonyl (C=O) groups is 1. The molecule has 3 aromatic heterocycles. The molecule has 186 valence electrons. The molecule has 0 aliphatic carbocycles. The molecule has 2 fully saturated rings. The van der Waals surface area contributed by atoms with E-state index in [9.17, 15) is 4.79 Å². The number of pyridine rings is 1. The summed E-state index contributed by atoms with van der Waals surface area (Å²) in [6.07, 6.45) is 1.85. The number of anilines is 1. The zero-order chi connectivity index (χ0) is 24.4. The summed E-state index contributed by atoms with van der Waals surface area (Å²) < 4.78 is 6.73. The maximum absolute atomic E-state index is 12.0. The molecule has 0 atom stereocenters. The Hall–Kier alpha value is -2.66. The van der Waals surface area contributed by atoms with E-state index < -0.39 is 0 Å². The zero-order valence-corrected chi connectivity index (χ0v) is 21.6. The van der Waals surface area contributed by atoms with Crippen molar-refractivity contribution in [1.29, 1.82) is 0 Å². The zero-order valence-electron chi connectivity index (χ0n) is 20.7. The number of likely N-dealkylation sites (N-methyl/N-ethyl adjacent to an activating group) is 1. The van der Waals surface area contributed by atoms with Gasteiger partial charge in [0.25, 0.3) is 0 Å². The van der Waals surface area contributed by atoms with E-state index in [4.69, 9.17) is 14.7 Å². The van der Waals surface area contributed by atoms with Gasteiger partial charge < -0.3 is 14.5 Å². The lowest BCUT2D eigenvalue weighted by molar-refractivity contribution is -0.130. The Morgan fingerprint density at radius 2 is 1.80 bits per heavy atom. The highest BCUT2D eigenvalue weighted by atomic mass is 32.1. The number of fused-ring (bicyclic) bond motifs is 1. The van der Waals surface area contributed by atoms with Gasteiger partial charge in [-0.05, 0) is 25.1 Å². The maximum atomic E-state index is 12.0. The van der Waals surface area contributed by atoms with Gasteiger partial charge in [0.05, 0.1) is 30.0 Å². The lowest BCUT2D eigenvalue weighted by atomic mass is 10.2. The first-order valence-electron chi connectivity index (χ1n) is 12.2. The van der Waals surface area contributed by atoms with E-state index >= 15 is 0 Å². The predicted octanol–water partition coefficient (Wildman–Crippen LogP) is 2.10. The number of hydrogen-bond acceptors (Lipinski definition) is 9. The minimum atomic E-state index is 0.164. The summed E-state index contributed by atoms with van der Waals surface area (Å²) in [6.45, 7) is 10.2. The number of morpholine rings is 1. The molecule has 5 rings (SSSR count). The summed E-state index contributed by atoms with van der Waals surface area (Å²) in [7, 11) is 3.63. The van der Waals surface area contributed by atoms with E-state index in [0.717, 1.165) is 78.9 Å². The number of thiophene rings is 1. The number of hydrogen-bond donors (Lipinski definition) is 0. The van der Waals surface area contributed by atoms with Gasteiger partial charge in [-0.15, -0.1) is 11.3 Å². The van der Waals surface area contributed by atoms with Crippen molar-refractivity contribution in [3.8, 4) is 11.4 Å². The second kappa shape index (κ2) is 10.5. The average Bonchev–Trinajstić information content (AvgIpc) is 3.28. The third kappa shape index (κ3) is 5.61. The molecule has 0 radical (unpaired) electrons. The molecule has 0 saturated carbocycles. The van der Waals surface area contributed by atoms with Crippen LogP contribution in [0.2, 0.25) is 0 Å². The number of carbonyl (C=O) groups excluding carboxylic acids is 1. The second-order valence-corrected chi connectivity index (χ2v) is 10.6. The molecule has 10 heteroatoms. The molecule has 0 spiro atoms. The first-order valence-corrected chi connectivity index (χ1v) is 13.0. The van der Waals surface area contributed by atoms with Crippen molar-refractivity contribution in [2.45, 2.75) is 13.5 Å². The standard InChI is InChI=1S/C25H33N7O2S/c1-18-4-5-19(15-26-18)24-27-21-14-20(35-23(21)25(28-24)32-10-12-34-13-11-32)16-30-6-8-31(9-7-30)17-22(33)29(2)3/h4-5,14-15H,6-13,16-17H2,1-3H3. The van der Waals surface area contributed by atoms with Crippen LogP contribution in [0.4, 0.5) is 5.82 Å². The SMILES string of the molecule is Cc1ccc(-c2nc(N3CCOCC3)c3sc(CN4CCN(CC(=O)N(C)C)CC4)cc3n2)cn1. The van der Waals surface area contributed by atoms with Gasteiger partial charge >= 0.3 is 0 Å². The van der Waals surface area contributed by atoms with Gasteiger partial charge in [-0.2, -0.15) is 0 Å². The van der Waals surface area contributed by atoms with Crippen molar-refractivity contribution >= 4 is 33.3 Å². The van der Waals surface area contributed by atoms with E-state index in [-0.39, 0.29) is 5.91 Å². The van der Waals surface area contributed by atoms with Crippen molar-refractivity contribution in [2.75, 3.05) is 78.0 Å². The summed E-state index contributed by atoms with van der Waals surface area (Å²) >= 11 is 1.79. The van der Waals surface area contributed by atoms with Crippen LogP contribution in [0.5, 0.6) is 0 Å². The lowest BCUT2D eigenvalue weighted by Gasteiger charge is -2.34. The molecule has 2 saturated heterocycles. The Balaban J connectivity index is 1.36. The van der Waals surface area contributed by atoms with E-state index in [1.807, 2.05) is 39.3 Å². The maximum Gasteiger partial charge on any atom is 0.236 e. The largest absolute Gasteiger partial charge is 0.378 e. The fourth-order valence-electron chi connectivity index (χ4n) is 4.42. The first kappa shape index (κ1) is 24.1. The van der Waals surface area contributed by atoms with Crippen LogP contribution in [-0.2, 0) is 16.1 Å². The lowest BCUT2D eigenvalue weighted by Crippen LogP contribution is -2.48. The number of nitrogens with zero attached hydrogens (tertiary/aromatic N) is 7. The van der Waals surface area contributed by atoms with Crippen LogP contribution >= 0.6 is 11.3 Å². The molecule has 1 amide bonds. The Labute approximate surface area is 210 Å². The highest BCUT2D eigenvalue weighted by Crippen LogP contribution is 2.35. The summed E-state index contributed by atoms with van der Waals surface area (Å²) in [6, 6.07) is 6.27. The summed E-state index contributed by atoms with van der Waals surface area (Å²) in [4.78, 5) is 36.4. The van der Waals surface area contributed by atoms with Gasteiger partial charge in [0.2, 0.25) is 5.91 Å². The minimum absolute atomic E-state index is 0.164. The highest BCUT2D eigenvalue weighted by molar-refractivity contribution is 7.19. The first-order chi connectivity index (χ1) is 17.0. The Kier molecular flexibility index (Phi) is 7.24. The van der Waals surface area contributed by atoms with E-state index in [1.54, 1.807) is 16.2 Å². The number of piperazine rings is 1. The molecule has 0 bridgehead atoms. The number of ether oxygens (including phenoxy) is 1. The van der Waals surface area contributed by atoms with E-state index in [2.05, 4.69) is 25.8 Å². The van der Waals surface area contributed by atoms with Crippen LogP contribution in [0.15, 0.2) is 24.4 Å². The number of aromatic nitrogens is 3. The van der Waals surface area contributed by atoms with E-state index in [0.29, 0.717) is 19.8 Å². The third-order valence-electron chi connectivity index (χ3n) is 6.59. The summed E-state index contributed by atoms with van der Waals surface area (Å²) in [5.41, 5.74) is 2.91. The van der Waals surface area contributed by atoms with Crippen LogP contribution in [0.3, 0.4) is 0 Å². The number of rotatable bonds is 6. The van der Waals surface area contributed by atoms with Crippen LogP contribution < -0.4 is 4.90 Å². The Morgan fingerprint density at radius 3 is 2.49 bits per heavy atom. The van der Waals surface area contributed by atoms with Gasteiger partial charge in [0.15, 0.2) is 11.6 Å². The highest BCUT2D eigenvalue weighted by Gasteiger charge is 2.23. The molecule has 3 aromatic rings. The average molecular weight is 496 g/mol. The molecule has 2 aliphatic heterocycles. The number of amides is 1. The molecule has 5 heterocycles. The molecular weight excluding hydrogens is 462 g/mol. The smallest absolute Gasteiger partial charge is 0.236 e. The van der Waals surface area contributed by atoms with E-state index in [1.165, 1.54) is 4.88 Å². The van der Waals surface area contributed by atoms with Crippen LogP contribution in [0.25, 0.3) is 21.6 Å². The Morgan fingerprint density at radius 1 is 1.06 bits per heavy atom. The quantitative estimate of drug-likeness (QED) is 0.515. The molecule has 0 unspecified atom stereocenters. The summed E-state index contributed by atoms with van der Waals surface area (Å²) in [5.74, 6) is 1.88. The van der Waals surface area contributed by atoms with Crippen molar-refractivity contribution in [3.63, 3.8) is 0 Å². The summed E-state index contributed by atoms with van der Waals surface area (Å²) in [5, 5.41) is 0. The normalized spacial score (nSPS) is 17.7. The number of aryl methyl sites for hydroxylation is 1. The van der Waals surface area contributed by atoms with Crippen LogP contribution in [-0.4, -0.2) is 109 Å². The fraction of sp³-hybridized carbons (Fsp3) is 0.520. The topological polar surface area (TPSA) is 77.9 Å². The molecule has 2 aliphatic rings. The Bertz CT molecular complexity index is 1170. The van der Waals surface area contributed by atoms with Crippen molar-refractivity contribution in [3.05, 3.63) is 35.0 Å². The second-order valence-electron chi connectivity index (χ2n) is 9.43. The van der Waals surface area contributed by atoms with Crippen molar-refractivity contribution in [2.24, 2.45) is 0 Å². The van der Waals surface area contributed by atoms with Crippen LogP contribution in [0.1, 0.15) is 10.6 Å². The molecule has 35 heavy (non-hydrogen) atoms. The van der Waals surface area contributed by atoms with Crippen LogP contribution in [0, 0.1) is 6.92 Å². The van der Waals surface area contributed by atoms with Gasteiger partial charge in [-0.1, -0.05) is 0 Å². The fourth-order valence-corrected chi connectivity index (χ4v) is 5.57. The van der Waals surface area contributed by atoms with Gasteiger partial charge in [0.1, 0.15) is 0 Å². The minimum Gasteiger partial charge on any atom is -0.378 e. The van der Waals surface area contributed by atoms with Gasteiger partial charge in [-0.25, -0.2) is 9.97 Å². The predicted molar refractivity (Wildman–Crippen MR) is 139 cm³/mol. The monoisotopic (exact) mass is 495 g/mol. The molecule has 0 aromatic carbocycles. The molecule has 9 nitrogen and oxygen atoms in total. The third-order valence-corrected chi connectivity index (χ3v) is 7.69. The molecular formula is C25H33N7O2S. The van der Waals surface area contributed by atoms with Gasteiger partial charge in [-0.3, -0.25) is 19.6 Å². The van der Waals surface area contributed by atoms with Crippen molar-refractivity contribution in [1.82, 2.24) is 29.7 Å². The van der Waals surface area contributed by atoms with Crippen molar-refractivity contribution < 1.29 is 9.53 Å².